The van der Waals surface area contributed by atoms with Gasteiger partial charge in [0.05, 0.1) is 26.2 Å². The second-order valence-corrected chi connectivity index (χ2v) is 10.9. The largest absolute Gasteiger partial charge is 0.493 e. The molecular weight excluding hydrogens is 542 g/mol. The van der Waals surface area contributed by atoms with Crippen LogP contribution in [0.1, 0.15) is 21.5 Å². The first kappa shape index (κ1) is 26.5. The van der Waals surface area contributed by atoms with Gasteiger partial charge in [-0.1, -0.05) is 66.7 Å². The molecule has 0 saturated carbocycles. The van der Waals surface area contributed by atoms with Gasteiger partial charge >= 0.3 is 0 Å². The van der Waals surface area contributed by atoms with Gasteiger partial charge in [0, 0.05) is 22.6 Å². The van der Waals surface area contributed by atoms with E-state index in [4.69, 9.17) is 9.47 Å². The summed E-state index contributed by atoms with van der Waals surface area (Å²) in [4.78, 5) is 45.8. The monoisotopic (exact) mass is 571 g/mol. The number of hydrogen-bond donors (Lipinski definition) is 2. The van der Waals surface area contributed by atoms with E-state index in [1.54, 1.807) is 30.3 Å². The first-order valence-corrected chi connectivity index (χ1v) is 14.1. The van der Waals surface area contributed by atoms with Crippen LogP contribution in [0.25, 0.3) is 6.08 Å². The van der Waals surface area contributed by atoms with Crippen LogP contribution in [0, 0.1) is 5.92 Å². The number of ketones is 1. The number of anilines is 3. The Bertz CT molecular complexity index is 1800. The molecule has 1 saturated heterocycles. The molecule has 3 aliphatic heterocycles. The maximum atomic E-state index is 14.9. The number of nitrogens with one attached hydrogen (secondary N) is 2. The average Bonchev–Trinajstić information content (AvgIpc) is 3.53. The number of ether oxygens (including phenoxy) is 2. The van der Waals surface area contributed by atoms with Gasteiger partial charge < -0.3 is 25.0 Å². The molecule has 0 aliphatic carbocycles. The van der Waals surface area contributed by atoms with Crippen LogP contribution in [-0.4, -0.2) is 43.9 Å². The number of methoxy groups -OCH3 is 2. The predicted octanol–water partition coefficient (Wildman–Crippen LogP) is 5.32. The van der Waals surface area contributed by atoms with E-state index in [0.29, 0.717) is 34.0 Å². The first-order valence-electron chi connectivity index (χ1n) is 14.1. The highest BCUT2D eigenvalue weighted by molar-refractivity contribution is 6.17. The molecule has 43 heavy (non-hydrogen) atoms. The van der Waals surface area contributed by atoms with Crippen LogP contribution in [0.2, 0.25) is 0 Å². The fourth-order valence-electron chi connectivity index (χ4n) is 7.03. The zero-order chi connectivity index (χ0) is 29.7. The molecule has 1 unspecified atom stereocenters. The van der Waals surface area contributed by atoms with Gasteiger partial charge in [-0.15, -0.1) is 0 Å². The maximum Gasteiger partial charge on any atom is 0.247 e. The minimum Gasteiger partial charge on any atom is -0.493 e. The molecule has 7 rings (SSSR count). The van der Waals surface area contributed by atoms with Crippen molar-refractivity contribution in [2.75, 3.05) is 29.8 Å². The van der Waals surface area contributed by atoms with Gasteiger partial charge in [-0.3, -0.25) is 14.4 Å². The molecule has 0 bridgehead atoms. The van der Waals surface area contributed by atoms with Crippen molar-refractivity contribution < 1.29 is 23.9 Å². The smallest absolute Gasteiger partial charge is 0.247 e. The molecular formula is C35H29N3O5. The summed E-state index contributed by atoms with van der Waals surface area (Å²) in [7, 11) is 3.03. The topological polar surface area (TPSA) is 97.0 Å². The highest BCUT2D eigenvalue weighted by Gasteiger charge is 2.70. The van der Waals surface area contributed by atoms with Crippen molar-refractivity contribution in [2.24, 2.45) is 5.92 Å². The highest BCUT2D eigenvalue weighted by atomic mass is 16.5. The number of carbonyl (C=O) groups excluding carboxylic acids is 3. The van der Waals surface area contributed by atoms with E-state index in [2.05, 4.69) is 10.6 Å². The minimum atomic E-state index is -1.40. The fourth-order valence-corrected chi connectivity index (χ4v) is 7.03. The molecule has 1 spiro atoms. The molecule has 2 amide bonds. The summed E-state index contributed by atoms with van der Waals surface area (Å²) < 4.78 is 10.9. The SMILES string of the molecule is COc1ccc(C(=O)[C@@H]2[C@H](C(=O)Nc3ccccc3)N3c4ccccc4C=CC3[C@@]23C(=O)Nc2ccccc23)cc1OC. The van der Waals surface area contributed by atoms with E-state index >= 15 is 0 Å². The van der Waals surface area contributed by atoms with Crippen molar-refractivity contribution in [2.45, 2.75) is 17.5 Å². The van der Waals surface area contributed by atoms with Crippen LogP contribution < -0.4 is 25.0 Å². The molecule has 2 N–H and O–H groups in total. The summed E-state index contributed by atoms with van der Waals surface area (Å²) in [5, 5.41) is 6.08. The Balaban J connectivity index is 1.48. The number of amides is 2. The molecule has 4 aromatic rings. The Kier molecular flexibility index (Phi) is 6.27. The summed E-state index contributed by atoms with van der Waals surface area (Å²) in [6.45, 7) is 0. The molecule has 8 heteroatoms. The lowest BCUT2D eigenvalue weighted by Gasteiger charge is -2.37. The molecule has 0 radical (unpaired) electrons. The lowest BCUT2D eigenvalue weighted by molar-refractivity contribution is -0.122. The third-order valence-electron chi connectivity index (χ3n) is 8.80. The van der Waals surface area contributed by atoms with Gasteiger partial charge in [0.15, 0.2) is 17.3 Å². The summed E-state index contributed by atoms with van der Waals surface area (Å²) in [6, 6.07) is 27.6. The van der Waals surface area contributed by atoms with Crippen molar-refractivity contribution in [3.8, 4) is 11.5 Å². The van der Waals surface area contributed by atoms with Gasteiger partial charge in [-0.05, 0) is 53.6 Å². The lowest BCUT2D eigenvalue weighted by Crippen LogP contribution is -2.51. The van der Waals surface area contributed by atoms with Crippen LogP contribution in [0.5, 0.6) is 11.5 Å². The maximum absolute atomic E-state index is 14.9. The van der Waals surface area contributed by atoms with E-state index in [1.807, 2.05) is 83.8 Å². The minimum absolute atomic E-state index is 0.314. The van der Waals surface area contributed by atoms with Crippen LogP contribution in [-0.2, 0) is 15.0 Å². The lowest BCUT2D eigenvalue weighted by atomic mass is 9.64. The Morgan fingerprint density at radius 1 is 0.860 bits per heavy atom. The summed E-state index contributed by atoms with van der Waals surface area (Å²) in [5.41, 5.74) is 2.51. The van der Waals surface area contributed by atoms with Crippen molar-refractivity contribution >= 4 is 40.7 Å². The van der Waals surface area contributed by atoms with E-state index in [1.165, 1.54) is 14.2 Å². The Morgan fingerprint density at radius 3 is 2.37 bits per heavy atom. The van der Waals surface area contributed by atoms with Gasteiger partial charge in [-0.25, -0.2) is 0 Å². The number of benzene rings is 4. The van der Waals surface area contributed by atoms with E-state index in [9.17, 15) is 14.4 Å². The van der Waals surface area contributed by atoms with Crippen LogP contribution in [0.15, 0.2) is 103 Å². The molecule has 3 aliphatic rings. The van der Waals surface area contributed by atoms with Crippen LogP contribution >= 0.6 is 0 Å². The highest BCUT2D eigenvalue weighted by Crippen LogP contribution is 2.57. The molecule has 3 heterocycles. The van der Waals surface area contributed by atoms with Gasteiger partial charge in [0.1, 0.15) is 11.5 Å². The van der Waals surface area contributed by atoms with Gasteiger partial charge in [0.25, 0.3) is 0 Å². The first-order chi connectivity index (χ1) is 21.0. The number of Topliss-reactive ketones (excluding diaryl/α,β-unsaturated/α-hetero) is 1. The van der Waals surface area contributed by atoms with Crippen molar-refractivity contribution in [3.05, 3.63) is 120 Å². The number of hydrogen-bond acceptors (Lipinski definition) is 6. The zero-order valence-corrected chi connectivity index (χ0v) is 23.6. The Morgan fingerprint density at radius 2 is 1.58 bits per heavy atom. The molecule has 4 atom stereocenters. The molecule has 8 nitrogen and oxygen atoms in total. The normalized spacial score (nSPS) is 22.8. The Hall–Kier alpha value is -5.37. The van der Waals surface area contributed by atoms with Crippen molar-refractivity contribution in [1.82, 2.24) is 0 Å². The summed E-state index contributed by atoms with van der Waals surface area (Å²) in [5.74, 6) is -1.29. The van der Waals surface area contributed by atoms with Gasteiger partial charge in [-0.2, -0.15) is 0 Å². The van der Waals surface area contributed by atoms with E-state index in [0.717, 1.165) is 11.3 Å². The molecule has 1 fully saturated rings. The second-order valence-electron chi connectivity index (χ2n) is 10.9. The van der Waals surface area contributed by atoms with Gasteiger partial charge in [0.2, 0.25) is 11.8 Å². The number of rotatable bonds is 6. The Labute approximate surface area is 248 Å². The quantitative estimate of drug-likeness (QED) is 0.304. The van der Waals surface area contributed by atoms with Crippen molar-refractivity contribution in [1.29, 1.82) is 0 Å². The van der Waals surface area contributed by atoms with Crippen LogP contribution in [0.4, 0.5) is 17.1 Å². The number of nitrogens with zero attached hydrogens (tertiary/aromatic N) is 1. The van der Waals surface area contributed by atoms with Crippen LogP contribution in [0.3, 0.4) is 0 Å². The summed E-state index contributed by atoms with van der Waals surface area (Å²) >= 11 is 0. The molecule has 0 aromatic heterocycles. The van der Waals surface area contributed by atoms with Crippen molar-refractivity contribution in [3.63, 3.8) is 0 Å². The zero-order valence-electron chi connectivity index (χ0n) is 23.6. The number of fused-ring (bicyclic) bond motifs is 6. The molecule has 4 aromatic carbocycles. The standard InChI is InChI=1S/C35H29N3O5/c1-42-27-18-16-22(20-28(27)43-2)32(39)30-31(33(40)36-23-11-4-3-5-12-23)38-26-15-9-6-10-21(26)17-19-29(38)35(30)24-13-7-8-14-25(24)37-34(35)41/h3-20,29-31H,1-2H3,(H,36,40)(H,37,41)/t29?,30-,31+,35+/m0/s1. The third kappa shape index (κ3) is 3.86. The summed E-state index contributed by atoms with van der Waals surface area (Å²) in [6.07, 6.45) is 3.93. The number of carbonyl (C=O) groups is 3. The molecule has 214 valence electrons. The van der Waals surface area contributed by atoms with E-state index < -0.39 is 23.4 Å². The second kappa shape index (κ2) is 10.2. The average molecular weight is 572 g/mol. The predicted molar refractivity (Wildman–Crippen MR) is 165 cm³/mol. The number of para-hydroxylation sites is 3. The van der Waals surface area contributed by atoms with E-state index in [-0.39, 0.29) is 17.6 Å². The third-order valence-corrected chi connectivity index (χ3v) is 8.80. The fraction of sp³-hybridized carbons (Fsp3) is 0.171.